The van der Waals surface area contributed by atoms with Gasteiger partial charge in [-0.1, -0.05) is 40.0 Å². The molecule has 1 N–H and O–H groups in total. The molecule has 7 nitrogen and oxygen atoms in total. The van der Waals surface area contributed by atoms with Crippen LogP contribution < -0.4 is 14.2 Å². The minimum absolute atomic E-state index is 0.00335. The number of aldehydes is 1. The van der Waals surface area contributed by atoms with E-state index >= 15 is 0 Å². The highest BCUT2D eigenvalue weighted by Crippen LogP contribution is 2.50. The van der Waals surface area contributed by atoms with Crippen molar-refractivity contribution < 1.29 is 33.7 Å². The molecule has 0 saturated heterocycles. The Labute approximate surface area is 172 Å². The Kier molecular flexibility index (Phi) is 9.65. The lowest BCUT2D eigenvalue weighted by Gasteiger charge is -2.35. The molecule has 162 valence electrons. The van der Waals surface area contributed by atoms with Gasteiger partial charge in [0, 0.05) is 11.1 Å². The largest absolute Gasteiger partial charge is 0.493 e. The second-order valence-corrected chi connectivity index (χ2v) is 7.01. The zero-order valence-electron chi connectivity index (χ0n) is 18.0. The van der Waals surface area contributed by atoms with E-state index in [1.807, 2.05) is 0 Å². The van der Waals surface area contributed by atoms with Crippen molar-refractivity contribution in [1.29, 1.82) is 0 Å². The minimum Gasteiger partial charge on any atom is -0.493 e. The van der Waals surface area contributed by atoms with E-state index < -0.39 is 18.4 Å². The third kappa shape index (κ3) is 5.71. The van der Waals surface area contributed by atoms with Gasteiger partial charge in [-0.15, -0.1) is 0 Å². The lowest BCUT2D eigenvalue weighted by molar-refractivity contribution is -0.145. The van der Waals surface area contributed by atoms with Crippen LogP contribution in [-0.4, -0.2) is 37.6 Å². The molecule has 0 aromatic heterocycles. The summed E-state index contributed by atoms with van der Waals surface area (Å²) >= 11 is 0. The van der Waals surface area contributed by atoms with Crippen LogP contribution in [0.3, 0.4) is 0 Å². The zero-order valence-corrected chi connectivity index (χ0v) is 18.0. The van der Waals surface area contributed by atoms with Crippen LogP contribution in [-0.2, 0) is 15.0 Å². The zero-order chi connectivity index (χ0) is 22.0. The maximum Gasteiger partial charge on any atom is 0.322 e. The first-order valence-corrected chi connectivity index (χ1v) is 10.0. The van der Waals surface area contributed by atoms with Crippen LogP contribution in [0.2, 0.25) is 0 Å². The first kappa shape index (κ1) is 24.5. The summed E-state index contributed by atoms with van der Waals surface area (Å²) in [7, 11) is 2.81. The molecule has 1 aromatic carbocycles. The molecule has 0 atom stereocenters. The number of benzene rings is 1. The fourth-order valence-electron chi connectivity index (χ4n) is 3.79. The molecule has 1 rings (SSSR count). The van der Waals surface area contributed by atoms with E-state index in [9.17, 15) is 14.4 Å². The van der Waals surface area contributed by atoms with Crippen molar-refractivity contribution in [1.82, 2.24) is 0 Å². The van der Waals surface area contributed by atoms with Gasteiger partial charge in [0.15, 0.2) is 17.8 Å². The molecule has 1 aromatic rings. The normalized spacial score (nSPS) is 11.1. The molecule has 0 unspecified atom stereocenters. The Morgan fingerprint density at radius 3 is 2.17 bits per heavy atom. The number of carbonyl (C=O) groups is 3. The van der Waals surface area contributed by atoms with Crippen molar-refractivity contribution in [2.75, 3.05) is 14.2 Å². The van der Waals surface area contributed by atoms with E-state index in [1.54, 1.807) is 0 Å². The fourth-order valence-corrected chi connectivity index (χ4v) is 3.79. The molecule has 0 heterocycles. The number of aliphatic carboxylic acids is 1. The van der Waals surface area contributed by atoms with Crippen LogP contribution in [0.15, 0.2) is 6.07 Å². The Balaban J connectivity index is 3.69. The van der Waals surface area contributed by atoms with Crippen molar-refractivity contribution in [2.45, 2.75) is 71.1 Å². The van der Waals surface area contributed by atoms with E-state index in [2.05, 4.69) is 20.8 Å². The van der Waals surface area contributed by atoms with Crippen molar-refractivity contribution in [3.63, 3.8) is 0 Å². The van der Waals surface area contributed by atoms with Gasteiger partial charge in [0.1, 0.15) is 6.42 Å². The maximum absolute atomic E-state index is 12.0. The summed E-state index contributed by atoms with van der Waals surface area (Å²) < 4.78 is 16.3. The van der Waals surface area contributed by atoms with Crippen LogP contribution in [0.5, 0.6) is 17.2 Å². The van der Waals surface area contributed by atoms with Crippen molar-refractivity contribution in [3.05, 3.63) is 17.2 Å². The molecular weight excluding hydrogens is 376 g/mol. The summed E-state index contributed by atoms with van der Waals surface area (Å²) in [4.78, 5) is 34.9. The SMILES string of the molecule is CCCCCC(CC)(CC)c1c(C=O)cc(OC)c(OC(=O)CC(=O)O)c1OC. The number of methoxy groups -OCH3 is 2. The van der Waals surface area contributed by atoms with Gasteiger partial charge in [0.2, 0.25) is 5.75 Å². The van der Waals surface area contributed by atoms with Gasteiger partial charge in [-0.2, -0.15) is 0 Å². The first-order chi connectivity index (χ1) is 13.8. The molecule has 0 amide bonds. The van der Waals surface area contributed by atoms with E-state index in [-0.39, 0.29) is 22.7 Å². The highest BCUT2D eigenvalue weighted by molar-refractivity contribution is 5.92. The van der Waals surface area contributed by atoms with E-state index in [4.69, 9.17) is 19.3 Å². The van der Waals surface area contributed by atoms with Gasteiger partial charge in [0.05, 0.1) is 14.2 Å². The Morgan fingerprint density at radius 2 is 1.72 bits per heavy atom. The number of esters is 1. The highest BCUT2D eigenvalue weighted by atomic mass is 16.6. The second-order valence-electron chi connectivity index (χ2n) is 7.01. The lowest BCUT2D eigenvalue weighted by Crippen LogP contribution is -2.27. The summed E-state index contributed by atoms with van der Waals surface area (Å²) in [5.41, 5.74) is 0.740. The molecule has 0 aliphatic rings. The topological polar surface area (TPSA) is 99.1 Å². The third-order valence-corrected chi connectivity index (χ3v) is 5.44. The van der Waals surface area contributed by atoms with Gasteiger partial charge < -0.3 is 19.3 Å². The number of hydrogen-bond acceptors (Lipinski definition) is 6. The average molecular weight is 408 g/mol. The van der Waals surface area contributed by atoms with E-state index in [0.29, 0.717) is 11.1 Å². The fraction of sp³-hybridized carbons (Fsp3) is 0.591. The standard InChI is InChI=1S/C22H32O7/c1-6-9-10-11-22(7-2,8-3)19-15(14-23)12-16(27-4)20(21(19)28-5)29-18(26)13-17(24)25/h12,14H,6-11,13H2,1-5H3,(H,24,25). The van der Waals surface area contributed by atoms with Crippen LogP contribution >= 0.6 is 0 Å². The van der Waals surface area contributed by atoms with Crippen LogP contribution in [0.4, 0.5) is 0 Å². The Bertz CT molecular complexity index is 720. The summed E-state index contributed by atoms with van der Waals surface area (Å²) in [5, 5.41) is 8.87. The molecule has 0 saturated carbocycles. The molecular formula is C22H32O7. The van der Waals surface area contributed by atoms with E-state index in [0.717, 1.165) is 44.8 Å². The first-order valence-electron chi connectivity index (χ1n) is 10.0. The molecule has 0 spiro atoms. The summed E-state index contributed by atoms with van der Waals surface area (Å²) in [6, 6.07) is 1.52. The number of unbranched alkanes of at least 4 members (excludes halogenated alkanes) is 2. The summed E-state index contributed by atoms with van der Waals surface area (Å²) in [6.45, 7) is 6.25. The van der Waals surface area contributed by atoms with Crippen LogP contribution in [0, 0.1) is 0 Å². The minimum atomic E-state index is -1.30. The number of ether oxygens (including phenoxy) is 3. The number of carboxylic acid groups (broad SMARTS) is 1. The quantitative estimate of drug-likeness (QED) is 0.168. The average Bonchev–Trinajstić information content (AvgIpc) is 2.70. The molecule has 0 bridgehead atoms. The van der Waals surface area contributed by atoms with Gasteiger partial charge in [-0.3, -0.25) is 14.4 Å². The lowest BCUT2D eigenvalue weighted by atomic mass is 9.70. The van der Waals surface area contributed by atoms with Crippen molar-refractivity contribution >= 4 is 18.2 Å². The number of rotatable bonds is 13. The van der Waals surface area contributed by atoms with Gasteiger partial charge in [-0.05, 0) is 30.7 Å². The van der Waals surface area contributed by atoms with E-state index in [1.165, 1.54) is 20.3 Å². The monoisotopic (exact) mass is 408 g/mol. The predicted molar refractivity (Wildman–Crippen MR) is 109 cm³/mol. The number of carbonyl (C=O) groups excluding carboxylic acids is 2. The number of hydrogen-bond donors (Lipinski definition) is 1. The molecule has 29 heavy (non-hydrogen) atoms. The molecule has 7 heteroatoms. The Hall–Kier alpha value is -2.57. The van der Waals surface area contributed by atoms with Gasteiger partial charge in [-0.25, -0.2) is 0 Å². The predicted octanol–water partition coefficient (Wildman–Crippen LogP) is 4.53. The van der Waals surface area contributed by atoms with Crippen LogP contribution in [0.25, 0.3) is 0 Å². The molecule has 0 fully saturated rings. The van der Waals surface area contributed by atoms with Gasteiger partial charge in [0.25, 0.3) is 0 Å². The smallest absolute Gasteiger partial charge is 0.322 e. The third-order valence-electron chi connectivity index (χ3n) is 5.44. The molecule has 0 radical (unpaired) electrons. The van der Waals surface area contributed by atoms with Crippen LogP contribution in [0.1, 0.15) is 81.6 Å². The summed E-state index contributed by atoms with van der Waals surface area (Å²) in [5.74, 6) is -1.85. The number of carboxylic acids is 1. The Morgan fingerprint density at radius 1 is 1.07 bits per heavy atom. The van der Waals surface area contributed by atoms with Crippen molar-refractivity contribution in [2.24, 2.45) is 0 Å². The second kappa shape index (κ2) is 11.4. The van der Waals surface area contributed by atoms with Crippen molar-refractivity contribution in [3.8, 4) is 17.2 Å². The van der Waals surface area contributed by atoms with Gasteiger partial charge >= 0.3 is 11.9 Å². The molecule has 0 aliphatic carbocycles. The highest BCUT2D eigenvalue weighted by Gasteiger charge is 2.37. The maximum atomic E-state index is 12.0. The summed E-state index contributed by atoms with van der Waals surface area (Å²) in [6.07, 6.45) is 5.46. The molecule has 0 aliphatic heterocycles.